The molecule has 0 saturated carbocycles. The lowest BCUT2D eigenvalue weighted by Crippen LogP contribution is -2.38. The maximum absolute atomic E-state index is 11.6. The van der Waals surface area contributed by atoms with Gasteiger partial charge in [0, 0.05) is 19.0 Å². The Morgan fingerprint density at radius 2 is 2.00 bits per heavy atom. The summed E-state index contributed by atoms with van der Waals surface area (Å²) in [6, 6.07) is 10.6. The highest BCUT2D eigenvalue weighted by atomic mass is 16.1. The first-order valence-electron chi connectivity index (χ1n) is 6.76. The molecule has 0 spiro atoms. The van der Waals surface area contributed by atoms with E-state index in [9.17, 15) is 4.79 Å². The van der Waals surface area contributed by atoms with Gasteiger partial charge in [0.1, 0.15) is 0 Å². The van der Waals surface area contributed by atoms with Crippen LogP contribution in [0.3, 0.4) is 0 Å². The SMILES string of the molecule is CCN[C@H](C)CNC(=O)CCCc1ccccc1. The van der Waals surface area contributed by atoms with Gasteiger partial charge in [-0.05, 0) is 31.9 Å². The quantitative estimate of drug-likeness (QED) is 0.740. The highest BCUT2D eigenvalue weighted by molar-refractivity contribution is 5.75. The first-order valence-corrected chi connectivity index (χ1v) is 6.76. The standard InChI is InChI=1S/C15H24N2O/c1-3-16-13(2)12-17-15(18)11-7-10-14-8-5-4-6-9-14/h4-6,8-9,13,16H,3,7,10-12H2,1-2H3,(H,17,18)/t13-/m1/s1. The van der Waals surface area contributed by atoms with Gasteiger partial charge in [-0.25, -0.2) is 0 Å². The number of hydrogen-bond acceptors (Lipinski definition) is 2. The summed E-state index contributed by atoms with van der Waals surface area (Å²) in [6.07, 6.45) is 2.48. The molecule has 0 aliphatic rings. The highest BCUT2D eigenvalue weighted by Gasteiger charge is 2.04. The molecule has 1 rings (SSSR count). The Kier molecular flexibility index (Phi) is 7.11. The van der Waals surface area contributed by atoms with E-state index in [1.54, 1.807) is 0 Å². The molecular formula is C15H24N2O. The minimum Gasteiger partial charge on any atom is -0.355 e. The Balaban J connectivity index is 2.10. The maximum atomic E-state index is 11.6. The average molecular weight is 248 g/mol. The largest absolute Gasteiger partial charge is 0.355 e. The van der Waals surface area contributed by atoms with Crippen LogP contribution >= 0.6 is 0 Å². The Bertz CT molecular complexity index is 338. The van der Waals surface area contributed by atoms with Crippen molar-refractivity contribution in [2.45, 2.75) is 39.2 Å². The van der Waals surface area contributed by atoms with E-state index in [0.717, 1.165) is 19.4 Å². The van der Waals surface area contributed by atoms with Crippen LogP contribution in [0, 0.1) is 0 Å². The Morgan fingerprint density at radius 1 is 1.28 bits per heavy atom. The van der Waals surface area contributed by atoms with Crippen molar-refractivity contribution in [3.8, 4) is 0 Å². The van der Waals surface area contributed by atoms with E-state index in [1.165, 1.54) is 5.56 Å². The third kappa shape index (κ3) is 6.40. The lowest BCUT2D eigenvalue weighted by Gasteiger charge is -2.13. The van der Waals surface area contributed by atoms with Gasteiger partial charge < -0.3 is 10.6 Å². The fourth-order valence-corrected chi connectivity index (χ4v) is 1.87. The predicted octanol–water partition coefficient (Wildman–Crippen LogP) is 2.12. The smallest absolute Gasteiger partial charge is 0.220 e. The van der Waals surface area contributed by atoms with Gasteiger partial charge in [-0.1, -0.05) is 37.3 Å². The molecule has 0 bridgehead atoms. The molecule has 0 radical (unpaired) electrons. The van der Waals surface area contributed by atoms with E-state index < -0.39 is 0 Å². The number of hydrogen-bond donors (Lipinski definition) is 2. The molecule has 3 heteroatoms. The summed E-state index contributed by atoms with van der Waals surface area (Å²) in [5.74, 6) is 0.149. The van der Waals surface area contributed by atoms with Gasteiger partial charge in [0.25, 0.3) is 0 Å². The van der Waals surface area contributed by atoms with Crippen molar-refractivity contribution in [2.24, 2.45) is 0 Å². The summed E-state index contributed by atoms with van der Waals surface area (Å²) in [7, 11) is 0. The second kappa shape index (κ2) is 8.70. The third-order valence-corrected chi connectivity index (χ3v) is 2.87. The van der Waals surface area contributed by atoms with Gasteiger partial charge in [0.15, 0.2) is 0 Å². The molecule has 0 aliphatic heterocycles. The molecule has 18 heavy (non-hydrogen) atoms. The van der Waals surface area contributed by atoms with Gasteiger partial charge in [-0.3, -0.25) is 4.79 Å². The van der Waals surface area contributed by atoms with Crippen molar-refractivity contribution in [1.82, 2.24) is 10.6 Å². The monoisotopic (exact) mass is 248 g/mol. The number of nitrogens with one attached hydrogen (secondary N) is 2. The number of carbonyl (C=O) groups excluding carboxylic acids is 1. The van der Waals surface area contributed by atoms with Crippen LogP contribution in [-0.4, -0.2) is 25.0 Å². The zero-order valence-corrected chi connectivity index (χ0v) is 11.4. The highest BCUT2D eigenvalue weighted by Crippen LogP contribution is 2.04. The molecule has 1 aromatic rings. The van der Waals surface area contributed by atoms with Gasteiger partial charge >= 0.3 is 0 Å². The summed E-state index contributed by atoms with van der Waals surface area (Å²) in [6.45, 7) is 5.79. The fourth-order valence-electron chi connectivity index (χ4n) is 1.87. The summed E-state index contributed by atoms with van der Waals surface area (Å²) >= 11 is 0. The summed E-state index contributed by atoms with van der Waals surface area (Å²) in [5, 5.41) is 6.22. The number of benzene rings is 1. The summed E-state index contributed by atoms with van der Waals surface area (Å²) in [5.41, 5.74) is 1.30. The molecule has 0 saturated heterocycles. The molecule has 0 fully saturated rings. The minimum absolute atomic E-state index is 0.149. The molecule has 1 atom stereocenters. The van der Waals surface area contributed by atoms with Crippen molar-refractivity contribution < 1.29 is 4.79 Å². The van der Waals surface area contributed by atoms with E-state index in [1.807, 2.05) is 18.2 Å². The lowest BCUT2D eigenvalue weighted by molar-refractivity contribution is -0.121. The lowest BCUT2D eigenvalue weighted by atomic mass is 10.1. The van der Waals surface area contributed by atoms with E-state index in [2.05, 4.69) is 36.6 Å². The first kappa shape index (κ1) is 14.7. The molecule has 3 nitrogen and oxygen atoms in total. The maximum Gasteiger partial charge on any atom is 0.220 e. The Hall–Kier alpha value is -1.35. The normalized spacial score (nSPS) is 12.1. The van der Waals surface area contributed by atoms with E-state index in [-0.39, 0.29) is 5.91 Å². The van der Waals surface area contributed by atoms with E-state index in [0.29, 0.717) is 19.0 Å². The van der Waals surface area contributed by atoms with Crippen LogP contribution in [-0.2, 0) is 11.2 Å². The zero-order chi connectivity index (χ0) is 13.2. The van der Waals surface area contributed by atoms with E-state index in [4.69, 9.17) is 0 Å². The molecule has 1 aromatic carbocycles. The Labute approximate surface area is 110 Å². The third-order valence-electron chi connectivity index (χ3n) is 2.87. The molecule has 100 valence electrons. The van der Waals surface area contributed by atoms with Crippen molar-refractivity contribution in [3.63, 3.8) is 0 Å². The molecule has 0 aliphatic carbocycles. The van der Waals surface area contributed by atoms with E-state index >= 15 is 0 Å². The van der Waals surface area contributed by atoms with Crippen molar-refractivity contribution in [1.29, 1.82) is 0 Å². The number of amides is 1. The minimum atomic E-state index is 0.149. The van der Waals surface area contributed by atoms with Crippen LogP contribution in [0.5, 0.6) is 0 Å². The predicted molar refractivity (Wildman–Crippen MR) is 75.5 cm³/mol. The first-order chi connectivity index (χ1) is 8.72. The van der Waals surface area contributed by atoms with Crippen LogP contribution in [0.1, 0.15) is 32.3 Å². The van der Waals surface area contributed by atoms with Crippen molar-refractivity contribution in [3.05, 3.63) is 35.9 Å². The number of carbonyl (C=O) groups is 1. The van der Waals surface area contributed by atoms with Crippen molar-refractivity contribution >= 4 is 5.91 Å². The van der Waals surface area contributed by atoms with Crippen LogP contribution in [0.2, 0.25) is 0 Å². The van der Waals surface area contributed by atoms with Crippen molar-refractivity contribution in [2.75, 3.05) is 13.1 Å². The Morgan fingerprint density at radius 3 is 2.67 bits per heavy atom. The number of rotatable bonds is 8. The molecule has 0 heterocycles. The van der Waals surface area contributed by atoms with Gasteiger partial charge in [0.2, 0.25) is 5.91 Å². The summed E-state index contributed by atoms with van der Waals surface area (Å²) < 4.78 is 0. The van der Waals surface area contributed by atoms with Gasteiger partial charge in [-0.15, -0.1) is 0 Å². The topological polar surface area (TPSA) is 41.1 Å². The second-order valence-corrected chi connectivity index (χ2v) is 4.60. The van der Waals surface area contributed by atoms with Gasteiger partial charge in [0.05, 0.1) is 0 Å². The molecule has 0 unspecified atom stereocenters. The molecule has 0 aromatic heterocycles. The fraction of sp³-hybridized carbons (Fsp3) is 0.533. The number of likely N-dealkylation sites (N-methyl/N-ethyl adjacent to an activating group) is 1. The van der Waals surface area contributed by atoms with Crippen LogP contribution in [0.25, 0.3) is 0 Å². The molecule has 1 amide bonds. The summed E-state index contributed by atoms with van der Waals surface area (Å²) in [4.78, 5) is 11.6. The number of aryl methyl sites for hydroxylation is 1. The average Bonchev–Trinajstić information content (AvgIpc) is 2.38. The zero-order valence-electron chi connectivity index (χ0n) is 11.4. The molecule has 2 N–H and O–H groups in total. The van der Waals surface area contributed by atoms with Crippen LogP contribution in [0.15, 0.2) is 30.3 Å². The molecular weight excluding hydrogens is 224 g/mol. The van der Waals surface area contributed by atoms with Crippen LogP contribution in [0.4, 0.5) is 0 Å². The van der Waals surface area contributed by atoms with Crippen LogP contribution < -0.4 is 10.6 Å². The van der Waals surface area contributed by atoms with Gasteiger partial charge in [-0.2, -0.15) is 0 Å². The second-order valence-electron chi connectivity index (χ2n) is 4.60.